The minimum Gasteiger partial charge on any atom is -0.393 e. The predicted molar refractivity (Wildman–Crippen MR) is 141 cm³/mol. The van der Waals surface area contributed by atoms with Crippen LogP contribution in [0.25, 0.3) is 0 Å². The molecule has 36 heavy (non-hydrogen) atoms. The zero-order valence-electron chi connectivity index (χ0n) is 23.0. The van der Waals surface area contributed by atoms with E-state index in [1.807, 2.05) is 6.92 Å². The molecule has 0 aromatic heterocycles. The van der Waals surface area contributed by atoms with Crippen LogP contribution < -0.4 is 16.8 Å². The molecule has 12 atom stereocenters. The lowest BCUT2D eigenvalue weighted by Crippen LogP contribution is -2.63. The summed E-state index contributed by atoms with van der Waals surface area (Å²) < 4.78 is 0. The molecule has 4 saturated carbocycles. The Bertz CT molecular complexity index is 772. The van der Waals surface area contributed by atoms with Gasteiger partial charge in [-0.1, -0.05) is 13.8 Å². The van der Waals surface area contributed by atoms with Crippen LogP contribution in [0, 0.1) is 46.8 Å². The summed E-state index contributed by atoms with van der Waals surface area (Å²) in [7, 11) is 0. The van der Waals surface area contributed by atoms with Gasteiger partial charge in [-0.25, -0.2) is 0 Å². The standard InChI is InChI=1S/C29H53N3O4/c1-16(5-10-24(34)32-17(2)11-14-29(4,30)31)19-6-7-21-20(19)8-9-22-25(21)27(36)26(35)23-15-18(33)12-13-28(22,23)3/h16-23,25-27,33,35-36H,5-15,30-31H2,1-4H3,(H,32,34). The molecule has 0 aromatic rings. The van der Waals surface area contributed by atoms with Crippen LogP contribution in [-0.2, 0) is 4.79 Å². The molecule has 8 N–H and O–H groups in total. The summed E-state index contributed by atoms with van der Waals surface area (Å²) in [5.41, 5.74) is 11.0. The molecule has 7 heteroatoms. The molecule has 0 spiro atoms. The number of amides is 1. The predicted octanol–water partition coefficient (Wildman–Crippen LogP) is 2.89. The number of aliphatic hydroxyl groups is 3. The van der Waals surface area contributed by atoms with Crippen molar-refractivity contribution in [2.75, 3.05) is 0 Å². The van der Waals surface area contributed by atoms with E-state index < -0.39 is 17.9 Å². The summed E-state index contributed by atoms with van der Waals surface area (Å²) >= 11 is 0. The van der Waals surface area contributed by atoms with Crippen LogP contribution in [0.3, 0.4) is 0 Å². The van der Waals surface area contributed by atoms with Crippen molar-refractivity contribution in [3.05, 3.63) is 0 Å². The number of hydrogen-bond donors (Lipinski definition) is 6. The zero-order chi connectivity index (χ0) is 26.4. The van der Waals surface area contributed by atoms with Gasteiger partial charge in [-0.2, -0.15) is 0 Å². The molecule has 4 aliphatic carbocycles. The second-order valence-electron chi connectivity index (χ2n) is 13.9. The average Bonchev–Trinajstić information content (AvgIpc) is 3.24. The number of nitrogens with one attached hydrogen (secondary N) is 1. The average molecular weight is 508 g/mol. The van der Waals surface area contributed by atoms with Gasteiger partial charge in [0.2, 0.25) is 5.91 Å². The summed E-state index contributed by atoms with van der Waals surface area (Å²) in [5, 5.41) is 35.9. The zero-order valence-corrected chi connectivity index (χ0v) is 23.0. The molecule has 208 valence electrons. The Hall–Kier alpha value is -0.730. The largest absolute Gasteiger partial charge is 0.393 e. The minimum atomic E-state index is -0.733. The molecule has 0 saturated heterocycles. The first-order chi connectivity index (χ1) is 16.8. The Morgan fingerprint density at radius 1 is 1.00 bits per heavy atom. The van der Waals surface area contributed by atoms with Crippen molar-refractivity contribution in [3.8, 4) is 0 Å². The van der Waals surface area contributed by atoms with Crippen LogP contribution in [0.15, 0.2) is 0 Å². The molecule has 7 nitrogen and oxygen atoms in total. The molecule has 12 unspecified atom stereocenters. The van der Waals surface area contributed by atoms with E-state index in [-0.39, 0.29) is 35.3 Å². The number of carbonyl (C=O) groups is 1. The topological polar surface area (TPSA) is 142 Å². The number of hydrogen-bond acceptors (Lipinski definition) is 6. The van der Waals surface area contributed by atoms with Crippen LogP contribution in [0.4, 0.5) is 0 Å². The lowest BCUT2D eigenvalue weighted by atomic mass is 9.45. The van der Waals surface area contributed by atoms with E-state index in [1.54, 1.807) is 6.92 Å². The quantitative estimate of drug-likeness (QED) is 0.279. The van der Waals surface area contributed by atoms with E-state index in [9.17, 15) is 20.1 Å². The van der Waals surface area contributed by atoms with Gasteiger partial charge in [0, 0.05) is 12.5 Å². The van der Waals surface area contributed by atoms with E-state index in [0.717, 1.165) is 44.9 Å². The number of rotatable bonds is 8. The minimum absolute atomic E-state index is 0.00507. The van der Waals surface area contributed by atoms with E-state index in [1.165, 1.54) is 6.42 Å². The number of fused-ring (bicyclic) bond motifs is 5. The van der Waals surface area contributed by atoms with Gasteiger partial charge in [-0.3, -0.25) is 4.79 Å². The van der Waals surface area contributed by atoms with Crippen LogP contribution in [0.1, 0.15) is 98.3 Å². The molecular weight excluding hydrogens is 454 g/mol. The van der Waals surface area contributed by atoms with Crippen molar-refractivity contribution >= 4 is 5.91 Å². The lowest BCUT2D eigenvalue weighted by molar-refractivity contribution is -0.213. The highest BCUT2D eigenvalue weighted by molar-refractivity contribution is 5.76. The highest BCUT2D eigenvalue weighted by Gasteiger charge is 2.62. The molecule has 0 aromatic carbocycles. The summed E-state index contributed by atoms with van der Waals surface area (Å²) in [6.45, 7) is 8.44. The van der Waals surface area contributed by atoms with Gasteiger partial charge in [-0.05, 0) is 125 Å². The van der Waals surface area contributed by atoms with Crippen molar-refractivity contribution in [1.29, 1.82) is 0 Å². The highest BCUT2D eigenvalue weighted by atomic mass is 16.3. The van der Waals surface area contributed by atoms with E-state index in [4.69, 9.17) is 11.5 Å². The summed E-state index contributed by atoms with van der Waals surface area (Å²) in [6.07, 6.45) is 8.04. The Morgan fingerprint density at radius 3 is 2.39 bits per heavy atom. The Labute approximate surface area is 218 Å². The third-order valence-electron chi connectivity index (χ3n) is 11.2. The van der Waals surface area contributed by atoms with Crippen molar-refractivity contribution in [3.63, 3.8) is 0 Å². The van der Waals surface area contributed by atoms with E-state index >= 15 is 0 Å². The van der Waals surface area contributed by atoms with Crippen molar-refractivity contribution < 1.29 is 20.1 Å². The van der Waals surface area contributed by atoms with Gasteiger partial charge in [0.25, 0.3) is 0 Å². The SMILES string of the molecule is CC(CCC(C)(N)N)NC(=O)CCC(C)C1CCC2C1CCC1C2C(O)C(O)C2CC(O)CCC21C. The Kier molecular flexibility index (Phi) is 8.48. The fourth-order valence-electron chi connectivity index (χ4n) is 9.18. The van der Waals surface area contributed by atoms with Crippen LogP contribution in [-0.4, -0.2) is 51.2 Å². The molecule has 4 fully saturated rings. The van der Waals surface area contributed by atoms with Crippen molar-refractivity contribution in [2.24, 2.45) is 58.3 Å². The summed E-state index contributed by atoms with van der Waals surface area (Å²) in [4.78, 5) is 12.6. The van der Waals surface area contributed by atoms with Crippen molar-refractivity contribution in [2.45, 2.75) is 128 Å². The monoisotopic (exact) mass is 507 g/mol. The normalized spacial score (nSPS) is 44.2. The molecule has 0 bridgehead atoms. The number of aliphatic hydroxyl groups excluding tert-OH is 3. The van der Waals surface area contributed by atoms with Gasteiger partial charge in [0.05, 0.1) is 24.0 Å². The van der Waals surface area contributed by atoms with Gasteiger partial charge in [0.1, 0.15) is 0 Å². The first-order valence-electron chi connectivity index (χ1n) is 14.7. The highest BCUT2D eigenvalue weighted by Crippen LogP contribution is 2.64. The first kappa shape index (κ1) is 28.3. The maximum Gasteiger partial charge on any atom is 0.220 e. The first-order valence-corrected chi connectivity index (χ1v) is 14.7. The van der Waals surface area contributed by atoms with E-state index in [2.05, 4.69) is 19.2 Å². The smallest absolute Gasteiger partial charge is 0.220 e. The summed E-state index contributed by atoms with van der Waals surface area (Å²) in [5.74, 6) is 2.77. The molecule has 4 rings (SSSR count). The molecule has 1 amide bonds. The number of nitrogens with two attached hydrogens (primary N) is 2. The fraction of sp³-hybridized carbons (Fsp3) is 0.966. The van der Waals surface area contributed by atoms with Gasteiger partial charge >= 0.3 is 0 Å². The third kappa shape index (κ3) is 5.66. The maximum atomic E-state index is 12.6. The maximum absolute atomic E-state index is 12.6. The van der Waals surface area contributed by atoms with Crippen molar-refractivity contribution in [1.82, 2.24) is 5.32 Å². The molecule has 0 aliphatic heterocycles. The Morgan fingerprint density at radius 2 is 1.69 bits per heavy atom. The summed E-state index contributed by atoms with van der Waals surface area (Å²) in [6, 6.07) is 0.0654. The van der Waals surface area contributed by atoms with Crippen LogP contribution in [0.2, 0.25) is 0 Å². The Balaban J connectivity index is 1.33. The van der Waals surface area contributed by atoms with Gasteiger partial charge < -0.3 is 32.1 Å². The third-order valence-corrected chi connectivity index (χ3v) is 11.2. The molecule has 0 radical (unpaired) electrons. The van der Waals surface area contributed by atoms with Crippen LogP contribution >= 0.6 is 0 Å². The van der Waals surface area contributed by atoms with E-state index in [0.29, 0.717) is 48.9 Å². The number of carbonyl (C=O) groups excluding carboxylic acids is 1. The lowest BCUT2D eigenvalue weighted by Gasteiger charge is -2.61. The molecule has 0 heterocycles. The van der Waals surface area contributed by atoms with Crippen LogP contribution in [0.5, 0.6) is 0 Å². The second-order valence-corrected chi connectivity index (χ2v) is 13.9. The van der Waals surface area contributed by atoms with Gasteiger partial charge in [0.15, 0.2) is 0 Å². The second kappa shape index (κ2) is 10.8. The molecule has 4 aliphatic rings. The fourth-order valence-corrected chi connectivity index (χ4v) is 9.18. The molecular formula is C29H53N3O4. The van der Waals surface area contributed by atoms with Gasteiger partial charge in [-0.15, -0.1) is 0 Å².